The van der Waals surface area contributed by atoms with Gasteiger partial charge in [0.1, 0.15) is 17.3 Å². The lowest BCUT2D eigenvalue weighted by atomic mass is 10.3. The van der Waals surface area contributed by atoms with E-state index in [0.29, 0.717) is 22.4 Å². The largest absolute Gasteiger partial charge is 0.495 e. The molecule has 1 aromatic carbocycles. The van der Waals surface area contributed by atoms with Crippen LogP contribution in [-0.4, -0.2) is 17.4 Å². The molecule has 3 rings (SSSR count). The predicted octanol–water partition coefficient (Wildman–Crippen LogP) is 2.85. The molecule has 1 aliphatic rings. The molecule has 0 bridgehead atoms. The van der Waals surface area contributed by atoms with Gasteiger partial charge in [0.15, 0.2) is 0 Å². The molecule has 5 heteroatoms. The van der Waals surface area contributed by atoms with E-state index in [1.54, 1.807) is 7.11 Å². The number of nitrogens with one attached hydrogen (secondary N) is 1. The fraction of sp³-hybridized carbons (Fsp3) is 0.375. The Hall–Kier alpha value is -1.59. The number of rotatable bonds is 7. The highest BCUT2D eigenvalue weighted by Crippen LogP contribution is 2.24. The third-order valence-corrected chi connectivity index (χ3v) is 4.82. The van der Waals surface area contributed by atoms with Gasteiger partial charge in [0.25, 0.3) is 0 Å². The zero-order valence-electron chi connectivity index (χ0n) is 12.0. The molecule has 1 N–H and O–H groups in total. The lowest BCUT2D eigenvalue weighted by Crippen LogP contribution is -2.14. The number of hydrogen-bond donors (Lipinski definition) is 1. The SMILES string of the molecule is COc1ccccc1S(=O)Cc1ccc(CNC2CC2)o1. The minimum absolute atomic E-state index is 0.365. The van der Waals surface area contributed by atoms with E-state index < -0.39 is 10.8 Å². The summed E-state index contributed by atoms with van der Waals surface area (Å²) in [6, 6.07) is 11.9. The smallest absolute Gasteiger partial charge is 0.134 e. The van der Waals surface area contributed by atoms with E-state index in [1.165, 1.54) is 12.8 Å². The molecule has 0 amide bonds. The molecule has 21 heavy (non-hydrogen) atoms. The summed E-state index contributed by atoms with van der Waals surface area (Å²) >= 11 is 0. The molecule has 1 unspecified atom stereocenters. The molecular weight excluding hydrogens is 286 g/mol. The third kappa shape index (κ3) is 3.74. The molecule has 1 aromatic heterocycles. The molecule has 0 saturated heterocycles. The van der Waals surface area contributed by atoms with Crippen molar-refractivity contribution in [2.45, 2.75) is 36.1 Å². The van der Waals surface area contributed by atoms with Gasteiger partial charge in [-0.2, -0.15) is 0 Å². The van der Waals surface area contributed by atoms with Crippen LogP contribution in [0.25, 0.3) is 0 Å². The van der Waals surface area contributed by atoms with Crippen molar-refractivity contribution in [2.75, 3.05) is 7.11 Å². The Bertz CT molecular complexity index is 634. The molecule has 1 atom stereocenters. The quantitative estimate of drug-likeness (QED) is 0.854. The zero-order chi connectivity index (χ0) is 14.7. The Morgan fingerprint density at radius 1 is 1.24 bits per heavy atom. The van der Waals surface area contributed by atoms with Crippen LogP contribution in [0.4, 0.5) is 0 Å². The molecular formula is C16H19NO3S. The summed E-state index contributed by atoms with van der Waals surface area (Å²) in [4.78, 5) is 0.703. The molecule has 0 spiro atoms. The van der Waals surface area contributed by atoms with Crippen molar-refractivity contribution in [3.63, 3.8) is 0 Å². The number of ether oxygens (including phenoxy) is 1. The van der Waals surface area contributed by atoms with Gasteiger partial charge in [-0.05, 0) is 37.1 Å². The number of furan rings is 1. The Morgan fingerprint density at radius 3 is 2.76 bits per heavy atom. The maximum atomic E-state index is 12.4. The van der Waals surface area contributed by atoms with Gasteiger partial charge < -0.3 is 14.5 Å². The van der Waals surface area contributed by atoms with Crippen LogP contribution in [0.15, 0.2) is 45.7 Å². The second kappa shape index (κ2) is 6.45. The summed E-state index contributed by atoms with van der Waals surface area (Å²) in [6.07, 6.45) is 2.51. The van der Waals surface area contributed by atoms with Gasteiger partial charge >= 0.3 is 0 Å². The molecule has 112 valence electrons. The minimum atomic E-state index is -1.17. The van der Waals surface area contributed by atoms with E-state index in [0.717, 1.165) is 18.1 Å². The van der Waals surface area contributed by atoms with Gasteiger partial charge in [-0.3, -0.25) is 4.21 Å². The van der Waals surface area contributed by atoms with Crippen molar-refractivity contribution in [1.29, 1.82) is 0 Å². The third-order valence-electron chi connectivity index (χ3n) is 3.45. The van der Waals surface area contributed by atoms with E-state index in [-0.39, 0.29) is 0 Å². The zero-order valence-corrected chi connectivity index (χ0v) is 12.8. The highest BCUT2D eigenvalue weighted by Gasteiger charge is 2.20. The van der Waals surface area contributed by atoms with Gasteiger partial charge in [0.05, 0.1) is 35.1 Å². The van der Waals surface area contributed by atoms with Crippen LogP contribution >= 0.6 is 0 Å². The van der Waals surface area contributed by atoms with E-state index in [4.69, 9.17) is 9.15 Å². The lowest BCUT2D eigenvalue weighted by Gasteiger charge is -2.06. The molecule has 1 saturated carbocycles. The molecule has 4 nitrogen and oxygen atoms in total. The first-order valence-electron chi connectivity index (χ1n) is 7.08. The van der Waals surface area contributed by atoms with Gasteiger partial charge in [-0.25, -0.2) is 0 Å². The van der Waals surface area contributed by atoms with E-state index >= 15 is 0 Å². The highest BCUT2D eigenvalue weighted by atomic mass is 32.2. The monoisotopic (exact) mass is 305 g/mol. The first-order chi connectivity index (χ1) is 10.3. The molecule has 2 aromatic rings. The fourth-order valence-corrected chi connectivity index (χ4v) is 3.32. The fourth-order valence-electron chi connectivity index (χ4n) is 2.14. The summed E-state index contributed by atoms with van der Waals surface area (Å²) in [6.45, 7) is 0.742. The van der Waals surface area contributed by atoms with Gasteiger partial charge in [0.2, 0.25) is 0 Å². The van der Waals surface area contributed by atoms with E-state index in [2.05, 4.69) is 5.32 Å². The van der Waals surface area contributed by atoms with Crippen LogP contribution in [-0.2, 0) is 23.1 Å². The van der Waals surface area contributed by atoms with Crippen LogP contribution in [0.1, 0.15) is 24.4 Å². The Kier molecular flexibility index (Phi) is 4.41. The van der Waals surface area contributed by atoms with Crippen LogP contribution < -0.4 is 10.1 Å². The van der Waals surface area contributed by atoms with Crippen LogP contribution in [0, 0.1) is 0 Å². The summed E-state index contributed by atoms with van der Waals surface area (Å²) in [5.41, 5.74) is 0. The first kappa shape index (κ1) is 14.4. The second-order valence-corrected chi connectivity index (χ2v) is 6.58. The molecule has 0 radical (unpaired) electrons. The van der Waals surface area contributed by atoms with Gasteiger partial charge in [-0.1, -0.05) is 12.1 Å². The number of benzene rings is 1. The average Bonchev–Trinajstić information content (AvgIpc) is 3.24. The standard InChI is InChI=1S/C16H19NO3S/c1-19-15-4-2-3-5-16(15)21(18)11-14-9-8-13(20-14)10-17-12-6-7-12/h2-5,8-9,12,17H,6-7,10-11H2,1H3. The first-order valence-corrected chi connectivity index (χ1v) is 8.40. The lowest BCUT2D eigenvalue weighted by molar-refractivity contribution is 0.404. The van der Waals surface area contributed by atoms with Crippen molar-refractivity contribution in [3.05, 3.63) is 47.9 Å². The van der Waals surface area contributed by atoms with Gasteiger partial charge in [-0.15, -0.1) is 0 Å². The number of hydrogen-bond acceptors (Lipinski definition) is 4. The Labute approximate surface area is 127 Å². The topological polar surface area (TPSA) is 51.5 Å². The average molecular weight is 305 g/mol. The summed E-state index contributed by atoms with van der Waals surface area (Å²) in [5, 5.41) is 3.40. The van der Waals surface area contributed by atoms with E-state index in [1.807, 2.05) is 36.4 Å². The summed E-state index contributed by atoms with van der Waals surface area (Å²) in [5.74, 6) is 2.66. The highest BCUT2D eigenvalue weighted by molar-refractivity contribution is 7.84. The van der Waals surface area contributed by atoms with Crippen LogP contribution in [0.2, 0.25) is 0 Å². The molecule has 1 fully saturated rings. The van der Waals surface area contributed by atoms with Crippen molar-refractivity contribution in [1.82, 2.24) is 5.32 Å². The summed E-state index contributed by atoms with van der Waals surface area (Å²) < 4.78 is 23.4. The van der Waals surface area contributed by atoms with Crippen LogP contribution in [0.3, 0.4) is 0 Å². The van der Waals surface area contributed by atoms with Gasteiger partial charge in [0, 0.05) is 6.04 Å². The van der Waals surface area contributed by atoms with Crippen molar-refractivity contribution in [2.24, 2.45) is 0 Å². The van der Waals surface area contributed by atoms with E-state index in [9.17, 15) is 4.21 Å². The Balaban J connectivity index is 1.63. The molecule has 1 heterocycles. The summed E-state index contributed by atoms with van der Waals surface area (Å²) in [7, 11) is 0.416. The predicted molar refractivity (Wildman–Crippen MR) is 81.7 cm³/mol. The number of methoxy groups -OCH3 is 1. The van der Waals surface area contributed by atoms with Crippen molar-refractivity contribution in [3.8, 4) is 5.75 Å². The Morgan fingerprint density at radius 2 is 2.00 bits per heavy atom. The molecule has 0 aliphatic heterocycles. The number of para-hydroxylation sites is 1. The molecule has 1 aliphatic carbocycles. The normalized spacial score (nSPS) is 15.9. The van der Waals surface area contributed by atoms with Crippen molar-refractivity contribution >= 4 is 10.8 Å². The minimum Gasteiger partial charge on any atom is -0.495 e. The van der Waals surface area contributed by atoms with Crippen LogP contribution in [0.5, 0.6) is 5.75 Å². The maximum absolute atomic E-state index is 12.4. The second-order valence-electron chi connectivity index (χ2n) is 5.16. The van der Waals surface area contributed by atoms with Crippen molar-refractivity contribution < 1.29 is 13.4 Å². The maximum Gasteiger partial charge on any atom is 0.134 e.